The molecule has 10 heteroatoms. The average molecular weight is 393 g/mol. The molecular weight excluding hydrogens is 380 g/mol. The fourth-order valence-electron chi connectivity index (χ4n) is 2.92. The Balaban J connectivity index is 1.60. The molecule has 0 amide bonds. The van der Waals surface area contributed by atoms with E-state index in [-0.39, 0.29) is 18.0 Å². The van der Waals surface area contributed by atoms with Gasteiger partial charge in [0, 0.05) is 18.7 Å². The Labute approximate surface area is 162 Å². The summed E-state index contributed by atoms with van der Waals surface area (Å²) in [6, 6.07) is 5.00. The minimum atomic E-state index is -0.753. The molecule has 29 heavy (non-hydrogen) atoms. The molecule has 1 aromatic carbocycles. The van der Waals surface area contributed by atoms with Gasteiger partial charge in [-0.3, -0.25) is 4.68 Å². The second-order valence-corrected chi connectivity index (χ2v) is 6.35. The van der Waals surface area contributed by atoms with Gasteiger partial charge >= 0.3 is 0 Å². The van der Waals surface area contributed by atoms with Crippen molar-refractivity contribution in [2.75, 3.05) is 0 Å². The van der Waals surface area contributed by atoms with Crippen LogP contribution in [0.2, 0.25) is 0 Å². The van der Waals surface area contributed by atoms with Crippen molar-refractivity contribution in [3.05, 3.63) is 71.8 Å². The van der Waals surface area contributed by atoms with Gasteiger partial charge in [-0.15, -0.1) is 15.3 Å². The van der Waals surface area contributed by atoms with Crippen LogP contribution >= 0.6 is 0 Å². The molecule has 8 nitrogen and oxygen atoms in total. The quantitative estimate of drug-likeness (QED) is 0.519. The zero-order chi connectivity index (χ0) is 20.0. The number of halogens is 2. The number of aryl methyl sites for hydroxylation is 1. The monoisotopic (exact) mass is 393 g/mol. The summed E-state index contributed by atoms with van der Waals surface area (Å²) in [5.41, 5.74) is 2.14. The Morgan fingerprint density at radius 2 is 1.97 bits per heavy atom. The van der Waals surface area contributed by atoms with Crippen molar-refractivity contribution >= 4 is 11.2 Å². The van der Waals surface area contributed by atoms with E-state index >= 15 is 0 Å². The summed E-state index contributed by atoms with van der Waals surface area (Å²) >= 11 is 0. The maximum absolute atomic E-state index is 14.3. The molecule has 0 bridgehead atoms. The minimum absolute atomic E-state index is 0.0844. The molecule has 0 aliphatic heterocycles. The van der Waals surface area contributed by atoms with E-state index in [0.29, 0.717) is 17.4 Å². The molecule has 0 saturated heterocycles. The van der Waals surface area contributed by atoms with Gasteiger partial charge in [0.05, 0.1) is 5.56 Å². The van der Waals surface area contributed by atoms with E-state index in [2.05, 4.69) is 25.4 Å². The zero-order valence-corrected chi connectivity index (χ0v) is 15.1. The van der Waals surface area contributed by atoms with Gasteiger partial charge in [0.15, 0.2) is 17.3 Å². The normalized spacial score (nSPS) is 12.9. The predicted molar refractivity (Wildman–Crippen MR) is 98.6 cm³/mol. The molecule has 0 fully saturated rings. The standard InChI is InChI=1S/C19H13F2N7O/c1-27-17(22-10-23-27)9-29-19-14(11-3-2-4-11)8-16-24-25-18(28(16)26-19)13-6-5-12(20)7-15(13)21/h2-8,10H,9H2,1H3. The van der Waals surface area contributed by atoms with Gasteiger partial charge in [-0.05, 0) is 23.8 Å². The lowest BCUT2D eigenvalue weighted by molar-refractivity contribution is 0.273. The van der Waals surface area contributed by atoms with Crippen LogP contribution in [0.5, 0.6) is 5.88 Å². The maximum Gasteiger partial charge on any atom is 0.240 e. The third-order valence-electron chi connectivity index (χ3n) is 4.54. The van der Waals surface area contributed by atoms with E-state index in [9.17, 15) is 8.78 Å². The lowest BCUT2D eigenvalue weighted by Crippen LogP contribution is -2.09. The average Bonchev–Trinajstić information content (AvgIpc) is 3.24. The molecule has 0 radical (unpaired) electrons. The Kier molecular flexibility index (Phi) is 3.90. The number of fused-ring (bicyclic) bond motifs is 1. The summed E-state index contributed by atoms with van der Waals surface area (Å²) in [4.78, 5) is 4.13. The summed E-state index contributed by atoms with van der Waals surface area (Å²) in [6.45, 7) is 0.140. The zero-order valence-electron chi connectivity index (χ0n) is 15.1. The van der Waals surface area contributed by atoms with Gasteiger partial charge < -0.3 is 4.74 Å². The fraction of sp³-hybridized carbons (Fsp3) is 0.105. The number of hydrogen-bond acceptors (Lipinski definition) is 6. The van der Waals surface area contributed by atoms with E-state index in [4.69, 9.17) is 4.74 Å². The van der Waals surface area contributed by atoms with Crippen LogP contribution in [0, 0.1) is 11.6 Å². The SMILES string of the molecule is Cn1ncnc1COc1nn2c(-c3ccc(F)cc3F)nnc2cc1C1=CC=C1. The molecule has 0 atom stereocenters. The largest absolute Gasteiger partial charge is 0.468 e. The third-order valence-corrected chi connectivity index (χ3v) is 4.54. The van der Waals surface area contributed by atoms with Crippen molar-refractivity contribution in [1.82, 2.24) is 34.6 Å². The maximum atomic E-state index is 14.3. The fourth-order valence-corrected chi connectivity index (χ4v) is 2.92. The van der Waals surface area contributed by atoms with Gasteiger partial charge in [-0.25, -0.2) is 13.8 Å². The first-order valence-corrected chi connectivity index (χ1v) is 8.66. The van der Waals surface area contributed by atoms with Crippen molar-refractivity contribution in [3.8, 4) is 17.3 Å². The highest BCUT2D eigenvalue weighted by Gasteiger charge is 2.20. The summed E-state index contributed by atoms with van der Waals surface area (Å²) in [7, 11) is 1.76. The molecule has 1 aliphatic rings. The van der Waals surface area contributed by atoms with Crippen LogP contribution in [0.15, 0.2) is 48.8 Å². The van der Waals surface area contributed by atoms with Gasteiger partial charge in [-0.2, -0.15) is 9.61 Å². The van der Waals surface area contributed by atoms with Crippen LogP contribution in [-0.4, -0.2) is 34.6 Å². The van der Waals surface area contributed by atoms with Crippen molar-refractivity contribution in [1.29, 1.82) is 0 Å². The number of benzene rings is 1. The van der Waals surface area contributed by atoms with Crippen molar-refractivity contribution in [2.24, 2.45) is 7.05 Å². The lowest BCUT2D eigenvalue weighted by atomic mass is 10.0. The molecule has 1 aliphatic carbocycles. The number of allylic oxidation sites excluding steroid dienone is 4. The number of nitrogens with zero attached hydrogens (tertiary/aromatic N) is 7. The molecule has 0 unspecified atom stereocenters. The Bertz CT molecular complexity index is 1310. The van der Waals surface area contributed by atoms with E-state index in [1.54, 1.807) is 17.8 Å². The first-order chi connectivity index (χ1) is 14.1. The number of aromatic nitrogens is 7. The van der Waals surface area contributed by atoms with Crippen LogP contribution in [0.25, 0.3) is 22.6 Å². The third kappa shape index (κ3) is 2.94. The van der Waals surface area contributed by atoms with Crippen molar-refractivity contribution in [2.45, 2.75) is 6.61 Å². The Morgan fingerprint density at radius 3 is 2.66 bits per heavy atom. The van der Waals surface area contributed by atoms with Crippen LogP contribution in [0.4, 0.5) is 8.78 Å². The number of rotatable bonds is 5. The molecule has 3 heterocycles. The van der Waals surface area contributed by atoms with E-state index in [1.165, 1.54) is 16.9 Å². The predicted octanol–water partition coefficient (Wildman–Crippen LogP) is 2.73. The molecule has 0 saturated carbocycles. The second kappa shape index (κ2) is 6.59. The smallest absolute Gasteiger partial charge is 0.240 e. The molecule has 5 rings (SSSR count). The Morgan fingerprint density at radius 1 is 1.10 bits per heavy atom. The second-order valence-electron chi connectivity index (χ2n) is 6.35. The van der Waals surface area contributed by atoms with Gasteiger partial charge in [0.2, 0.25) is 5.88 Å². The molecular formula is C19H13F2N7O. The Hall–Kier alpha value is -3.95. The molecule has 144 valence electrons. The number of hydrogen-bond donors (Lipinski definition) is 0. The van der Waals surface area contributed by atoms with Crippen LogP contribution in [0.1, 0.15) is 11.4 Å². The van der Waals surface area contributed by atoms with Crippen LogP contribution in [-0.2, 0) is 13.7 Å². The van der Waals surface area contributed by atoms with E-state index < -0.39 is 11.6 Å². The van der Waals surface area contributed by atoms with E-state index in [1.807, 2.05) is 18.2 Å². The van der Waals surface area contributed by atoms with Crippen LogP contribution < -0.4 is 4.74 Å². The van der Waals surface area contributed by atoms with Crippen molar-refractivity contribution in [3.63, 3.8) is 0 Å². The first kappa shape index (κ1) is 17.2. The van der Waals surface area contributed by atoms with Gasteiger partial charge in [0.1, 0.15) is 24.6 Å². The van der Waals surface area contributed by atoms with Crippen molar-refractivity contribution < 1.29 is 13.5 Å². The van der Waals surface area contributed by atoms with E-state index in [0.717, 1.165) is 23.3 Å². The molecule has 4 aromatic rings. The topological polar surface area (TPSA) is 83.0 Å². The highest BCUT2D eigenvalue weighted by molar-refractivity contribution is 5.84. The minimum Gasteiger partial charge on any atom is -0.468 e. The summed E-state index contributed by atoms with van der Waals surface area (Å²) in [5.74, 6) is -0.363. The van der Waals surface area contributed by atoms with Gasteiger partial charge in [-0.1, -0.05) is 18.2 Å². The summed E-state index contributed by atoms with van der Waals surface area (Å²) in [6.07, 6.45) is 7.16. The molecule has 0 N–H and O–H groups in total. The number of ether oxygens (including phenoxy) is 1. The van der Waals surface area contributed by atoms with Gasteiger partial charge in [0.25, 0.3) is 0 Å². The first-order valence-electron chi connectivity index (χ1n) is 8.66. The highest BCUT2D eigenvalue weighted by atomic mass is 19.1. The summed E-state index contributed by atoms with van der Waals surface area (Å²) < 4.78 is 36.4. The summed E-state index contributed by atoms with van der Waals surface area (Å²) in [5, 5.41) is 16.6. The highest BCUT2D eigenvalue weighted by Crippen LogP contribution is 2.31. The lowest BCUT2D eigenvalue weighted by Gasteiger charge is -2.14. The molecule has 0 spiro atoms. The molecule has 3 aromatic heterocycles. The van der Waals surface area contributed by atoms with Crippen LogP contribution in [0.3, 0.4) is 0 Å².